The van der Waals surface area contributed by atoms with Crippen LogP contribution in [0.15, 0.2) is 37.1 Å². The maximum absolute atomic E-state index is 10.5. The van der Waals surface area contributed by atoms with Crippen LogP contribution in [0.1, 0.15) is 5.56 Å². The zero-order valence-electron chi connectivity index (χ0n) is 12.8. The summed E-state index contributed by atoms with van der Waals surface area (Å²) in [5.41, 5.74) is 1.69. The van der Waals surface area contributed by atoms with Crippen molar-refractivity contribution in [1.82, 2.24) is 34.3 Å². The van der Waals surface area contributed by atoms with E-state index in [0.29, 0.717) is 24.7 Å². The summed E-state index contributed by atoms with van der Waals surface area (Å²) in [5, 5.41) is 11.4. The van der Waals surface area contributed by atoms with Crippen molar-refractivity contribution in [2.45, 2.75) is 6.42 Å². The summed E-state index contributed by atoms with van der Waals surface area (Å²) < 4.78 is 26.6. The molecular weight excluding hydrogens is 332 g/mol. The molecule has 11 heteroatoms. The predicted molar refractivity (Wildman–Crippen MR) is 87.7 cm³/mol. The molecule has 0 aromatic carbocycles. The summed E-state index contributed by atoms with van der Waals surface area (Å²) in [6, 6.07) is 1.73. The Balaban J connectivity index is 1.70. The fourth-order valence-electron chi connectivity index (χ4n) is 2.06. The third kappa shape index (κ3) is 4.14. The van der Waals surface area contributed by atoms with Crippen molar-refractivity contribution < 1.29 is 8.42 Å². The number of nitrogens with zero attached hydrogens (tertiary/aromatic N) is 6. The Morgan fingerprint density at radius 2 is 2.08 bits per heavy atom. The molecule has 0 amide bonds. The zero-order chi connectivity index (χ0) is 16.9. The highest BCUT2D eigenvalue weighted by Gasteiger charge is 2.05. The first-order chi connectivity index (χ1) is 11.6. The lowest BCUT2D eigenvalue weighted by Crippen LogP contribution is -2.14. The molecule has 0 saturated carbocycles. The van der Waals surface area contributed by atoms with E-state index in [2.05, 4.69) is 30.2 Å². The topological polar surface area (TPSA) is 120 Å². The van der Waals surface area contributed by atoms with Crippen LogP contribution in [0.5, 0.6) is 0 Å². The van der Waals surface area contributed by atoms with E-state index in [1.807, 2.05) is 13.2 Å². The van der Waals surface area contributed by atoms with Crippen molar-refractivity contribution in [3.05, 3.63) is 42.6 Å². The molecule has 3 rings (SSSR count). The maximum atomic E-state index is 10.5. The van der Waals surface area contributed by atoms with Gasteiger partial charge >= 0.3 is 0 Å². The van der Waals surface area contributed by atoms with E-state index in [9.17, 15) is 8.42 Å². The second kappa shape index (κ2) is 7.19. The molecule has 0 saturated heterocycles. The van der Waals surface area contributed by atoms with Crippen molar-refractivity contribution in [3.8, 4) is 5.82 Å². The minimum atomic E-state index is -2.57. The fraction of sp³-hybridized carbons (Fsp3) is 0.231. The molecule has 3 heterocycles. The summed E-state index contributed by atoms with van der Waals surface area (Å²) in [7, 11) is -0.749. The van der Waals surface area contributed by atoms with Gasteiger partial charge in [-0.3, -0.25) is 4.68 Å². The number of hydrogen-bond donors (Lipinski definition) is 3. The molecule has 0 unspecified atom stereocenters. The molecule has 0 aliphatic carbocycles. The van der Waals surface area contributed by atoms with Gasteiger partial charge in [0.25, 0.3) is 0 Å². The van der Waals surface area contributed by atoms with E-state index < -0.39 is 10.9 Å². The Labute approximate surface area is 139 Å². The quantitative estimate of drug-likeness (QED) is 0.506. The second-order valence-electron chi connectivity index (χ2n) is 4.97. The van der Waals surface area contributed by atoms with Gasteiger partial charge in [0.1, 0.15) is 0 Å². The van der Waals surface area contributed by atoms with Crippen LogP contribution in [0.25, 0.3) is 5.82 Å². The number of aromatic nitrogens is 6. The van der Waals surface area contributed by atoms with Gasteiger partial charge in [-0.1, -0.05) is 0 Å². The minimum absolute atomic E-state index is 0.335. The Morgan fingerprint density at radius 3 is 2.83 bits per heavy atom. The second-order valence-corrected chi connectivity index (χ2v) is 5.80. The highest BCUT2D eigenvalue weighted by atomic mass is 32.2. The minimum Gasteiger partial charge on any atom is -0.321 e. The molecule has 0 radical (unpaired) electrons. The molecule has 0 aliphatic heterocycles. The first-order valence-corrected chi connectivity index (χ1v) is 8.28. The number of aryl methyl sites for hydroxylation is 1. The van der Waals surface area contributed by atoms with Gasteiger partial charge in [0.15, 0.2) is 5.82 Å². The molecule has 3 aromatic heterocycles. The van der Waals surface area contributed by atoms with Crippen LogP contribution in [0, 0.1) is 0 Å². The molecule has 0 aliphatic rings. The van der Waals surface area contributed by atoms with Crippen LogP contribution in [-0.4, -0.2) is 44.5 Å². The van der Waals surface area contributed by atoms with E-state index in [1.165, 1.54) is 0 Å². The number of nitrogens with one attached hydrogen (secondary N) is 2. The SMILES string of the molecule is Cn1cc(Nc2nccc(-n3cc(CCN[SH](=O)=O)cn3)n2)cn1. The molecular formula is C13H16N8O2S. The normalized spacial score (nSPS) is 11.1. The third-order valence-corrected chi connectivity index (χ3v) is 3.61. The Kier molecular flexibility index (Phi) is 4.82. The molecule has 0 bridgehead atoms. The molecule has 24 heavy (non-hydrogen) atoms. The lowest BCUT2D eigenvalue weighted by molar-refractivity contribution is 0.602. The van der Waals surface area contributed by atoms with E-state index >= 15 is 0 Å². The van der Waals surface area contributed by atoms with Crippen molar-refractivity contribution in [3.63, 3.8) is 0 Å². The standard InChI is InChI=1S/C13H16N8O2S/c1-20-9-11(7-15-20)18-13-14-4-3-12(19-13)21-8-10(6-16-21)2-5-17-24(22)23/h3-4,6-9,24H,2,5H2,1H3,(H,14,18,19)(H,17,22,23). The van der Waals surface area contributed by atoms with E-state index in [1.54, 1.807) is 40.2 Å². The molecule has 3 aromatic rings. The molecule has 0 fully saturated rings. The third-order valence-electron chi connectivity index (χ3n) is 3.13. The van der Waals surface area contributed by atoms with Crippen LogP contribution in [0.4, 0.5) is 11.6 Å². The van der Waals surface area contributed by atoms with Crippen LogP contribution >= 0.6 is 0 Å². The average molecular weight is 348 g/mol. The largest absolute Gasteiger partial charge is 0.321 e. The summed E-state index contributed by atoms with van der Waals surface area (Å²) in [6.45, 7) is 0.335. The van der Waals surface area contributed by atoms with Crippen LogP contribution in [0.2, 0.25) is 0 Å². The molecule has 126 valence electrons. The molecule has 0 spiro atoms. The Morgan fingerprint density at radius 1 is 1.21 bits per heavy atom. The Bertz CT molecular complexity index is 893. The summed E-state index contributed by atoms with van der Waals surface area (Å²) in [6.07, 6.45) is 9.15. The van der Waals surface area contributed by atoms with Gasteiger partial charge in [-0.25, -0.2) is 22.8 Å². The van der Waals surface area contributed by atoms with Gasteiger partial charge in [0, 0.05) is 38.2 Å². The maximum Gasteiger partial charge on any atom is 0.229 e. The number of thiol groups is 1. The molecule has 0 atom stereocenters. The van der Waals surface area contributed by atoms with Gasteiger partial charge in [-0.2, -0.15) is 15.2 Å². The van der Waals surface area contributed by atoms with Gasteiger partial charge < -0.3 is 5.32 Å². The number of hydrogen-bond acceptors (Lipinski definition) is 7. The van der Waals surface area contributed by atoms with Gasteiger partial charge in [-0.15, -0.1) is 0 Å². The molecule has 10 nitrogen and oxygen atoms in total. The van der Waals surface area contributed by atoms with Crippen LogP contribution in [0.3, 0.4) is 0 Å². The summed E-state index contributed by atoms with van der Waals surface area (Å²) >= 11 is 0. The first kappa shape index (κ1) is 16.1. The van der Waals surface area contributed by atoms with Gasteiger partial charge in [-0.05, 0) is 12.0 Å². The van der Waals surface area contributed by atoms with E-state index in [4.69, 9.17) is 0 Å². The van der Waals surface area contributed by atoms with Gasteiger partial charge in [0.2, 0.25) is 16.8 Å². The summed E-state index contributed by atoms with van der Waals surface area (Å²) in [5.74, 6) is 1.04. The fourth-order valence-corrected chi connectivity index (χ4v) is 2.35. The van der Waals surface area contributed by atoms with Crippen molar-refractivity contribution >= 4 is 22.5 Å². The summed E-state index contributed by atoms with van der Waals surface area (Å²) in [4.78, 5) is 8.57. The van der Waals surface area contributed by atoms with Crippen molar-refractivity contribution in [2.24, 2.45) is 7.05 Å². The number of anilines is 2. The lowest BCUT2D eigenvalue weighted by Gasteiger charge is -2.04. The van der Waals surface area contributed by atoms with Crippen molar-refractivity contribution in [1.29, 1.82) is 0 Å². The highest BCUT2D eigenvalue weighted by molar-refractivity contribution is 7.70. The monoisotopic (exact) mass is 348 g/mol. The van der Waals surface area contributed by atoms with Crippen LogP contribution in [-0.2, 0) is 24.4 Å². The smallest absolute Gasteiger partial charge is 0.229 e. The predicted octanol–water partition coefficient (Wildman–Crippen LogP) is -0.202. The first-order valence-electron chi connectivity index (χ1n) is 7.11. The molecule has 2 N–H and O–H groups in total. The Hall–Kier alpha value is -2.79. The van der Waals surface area contributed by atoms with E-state index in [0.717, 1.165) is 11.3 Å². The van der Waals surface area contributed by atoms with E-state index in [-0.39, 0.29) is 0 Å². The highest BCUT2D eigenvalue weighted by Crippen LogP contribution is 2.13. The van der Waals surface area contributed by atoms with Crippen LogP contribution < -0.4 is 10.0 Å². The zero-order valence-corrected chi connectivity index (χ0v) is 13.7. The van der Waals surface area contributed by atoms with Crippen molar-refractivity contribution in [2.75, 3.05) is 11.9 Å². The number of rotatable bonds is 7. The van der Waals surface area contributed by atoms with Gasteiger partial charge in [0.05, 0.1) is 18.1 Å². The lowest BCUT2D eigenvalue weighted by atomic mass is 10.3. The average Bonchev–Trinajstić information content (AvgIpc) is 3.17.